The molecule has 2 heterocycles. The Labute approximate surface area is 340 Å². The summed E-state index contributed by atoms with van der Waals surface area (Å²) in [6, 6.07) is 60.5. The monoisotopic (exact) mass is 754 g/mol. The standard InChI is InChI=1S/C54H34N4O/c55-33-42-16-7-8-19-43(42)40-27-29-44-45-28-26-39(31-48(45)51-50(47(44)32-40)46-20-9-10-21-49(46)59-51)35-24-22-34(23-25-35)38-17-11-18-41(30-38)54-57-52(36-12-3-1-4-13-36)56-53(58-54)37-14-5-2-6-15-37/h1-22,24-32,34H,23H2. The highest BCUT2D eigenvalue weighted by Gasteiger charge is 2.20. The van der Waals surface area contributed by atoms with Crippen LogP contribution in [0.1, 0.15) is 29.0 Å². The Hall–Kier alpha value is -7.94. The summed E-state index contributed by atoms with van der Waals surface area (Å²) in [6.45, 7) is 0. The number of aromatic nitrogens is 3. The van der Waals surface area contributed by atoms with Gasteiger partial charge in [0.25, 0.3) is 0 Å². The van der Waals surface area contributed by atoms with Crippen LogP contribution in [0.2, 0.25) is 0 Å². The summed E-state index contributed by atoms with van der Waals surface area (Å²) in [4.78, 5) is 14.8. The summed E-state index contributed by atoms with van der Waals surface area (Å²) in [5, 5.41) is 16.5. The molecule has 0 N–H and O–H groups in total. The second-order valence-electron chi connectivity index (χ2n) is 15.0. The maximum atomic E-state index is 9.88. The first kappa shape index (κ1) is 34.3. The number of benzene rings is 8. The lowest BCUT2D eigenvalue weighted by atomic mass is 9.86. The molecule has 2 aromatic heterocycles. The van der Waals surface area contributed by atoms with Gasteiger partial charge in [0, 0.05) is 38.8 Å². The summed E-state index contributed by atoms with van der Waals surface area (Å²) in [5.74, 6) is 2.16. The van der Waals surface area contributed by atoms with Gasteiger partial charge in [-0.1, -0.05) is 158 Å². The fourth-order valence-corrected chi connectivity index (χ4v) is 8.56. The van der Waals surface area contributed by atoms with Crippen LogP contribution in [0.25, 0.3) is 94.3 Å². The second-order valence-corrected chi connectivity index (χ2v) is 15.0. The SMILES string of the molecule is N#Cc1ccccc1-c1ccc2c3ccc(C4=CCC(c5cccc(-c6nc(-c7ccccc7)nc(-c7ccccc7)n6)c5)C=C4)cc3c3oc4ccccc4c3c2c1. The van der Waals surface area contributed by atoms with E-state index in [-0.39, 0.29) is 5.92 Å². The van der Waals surface area contributed by atoms with Gasteiger partial charge in [-0.15, -0.1) is 0 Å². The van der Waals surface area contributed by atoms with Crippen LogP contribution in [0.4, 0.5) is 0 Å². The molecular weight excluding hydrogens is 721 g/mol. The third kappa shape index (κ3) is 6.07. The Balaban J connectivity index is 0.949. The lowest BCUT2D eigenvalue weighted by Crippen LogP contribution is -2.02. The minimum atomic E-state index is 0.203. The molecule has 5 heteroatoms. The maximum Gasteiger partial charge on any atom is 0.164 e. The largest absolute Gasteiger partial charge is 0.455 e. The van der Waals surface area contributed by atoms with Gasteiger partial charge in [-0.25, -0.2) is 15.0 Å². The van der Waals surface area contributed by atoms with Gasteiger partial charge in [0.15, 0.2) is 17.5 Å². The van der Waals surface area contributed by atoms with Crippen LogP contribution < -0.4 is 0 Å². The molecule has 0 saturated carbocycles. The molecule has 0 spiro atoms. The van der Waals surface area contributed by atoms with Crippen LogP contribution in [-0.4, -0.2) is 15.0 Å². The van der Waals surface area contributed by atoms with Gasteiger partial charge in [0.1, 0.15) is 11.2 Å². The number of allylic oxidation sites excluding steroid dienone is 4. The molecule has 59 heavy (non-hydrogen) atoms. The lowest BCUT2D eigenvalue weighted by Gasteiger charge is -2.18. The number of hydrogen-bond acceptors (Lipinski definition) is 5. The Morgan fingerprint density at radius 1 is 0.508 bits per heavy atom. The zero-order chi connectivity index (χ0) is 39.3. The normalized spacial score (nSPS) is 13.9. The molecule has 10 aromatic rings. The summed E-state index contributed by atoms with van der Waals surface area (Å²) < 4.78 is 6.69. The van der Waals surface area contributed by atoms with Gasteiger partial charge in [0.2, 0.25) is 0 Å². The van der Waals surface area contributed by atoms with Gasteiger partial charge in [-0.05, 0) is 80.7 Å². The van der Waals surface area contributed by atoms with E-state index in [1.165, 1.54) is 11.1 Å². The predicted octanol–water partition coefficient (Wildman–Crippen LogP) is 13.7. The third-order valence-electron chi connectivity index (χ3n) is 11.5. The van der Waals surface area contributed by atoms with E-state index in [1.807, 2.05) is 97.1 Å². The molecule has 0 saturated heterocycles. The summed E-state index contributed by atoms with van der Waals surface area (Å²) in [6.07, 6.45) is 7.77. The van der Waals surface area contributed by atoms with Crippen LogP contribution in [0.15, 0.2) is 193 Å². The Kier molecular flexibility index (Phi) is 8.27. The van der Waals surface area contributed by atoms with E-state index in [1.54, 1.807) is 0 Å². The molecule has 1 unspecified atom stereocenters. The molecule has 0 amide bonds. The maximum absolute atomic E-state index is 9.88. The number of para-hydroxylation sites is 1. The van der Waals surface area contributed by atoms with Crippen molar-refractivity contribution in [2.45, 2.75) is 12.3 Å². The number of furan rings is 1. The highest BCUT2D eigenvalue weighted by Crippen LogP contribution is 2.44. The van der Waals surface area contributed by atoms with Crippen molar-refractivity contribution in [2.24, 2.45) is 0 Å². The number of fused-ring (bicyclic) bond motifs is 8. The molecule has 1 atom stereocenters. The van der Waals surface area contributed by atoms with Gasteiger partial charge < -0.3 is 4.42 Å². The van der Waals surface area contributed by atoms with Crippen molar-refractivity contribution >= 4 is 49.1 Å². The third-order valence-corrected chi connectivity index (χ3v) is 11.5. The molecule has 0 radical (unpaired) electrons. The van der Waals surface area contributed by atoms with E-state index in [9.17, 15) is 5.26 Å². The molecule has 0 fully saturated rings. The van der Waals surface area contributed by atoms with E-state index in [0.29, 0.717) is 23.0 Å². The highest BCUT2D eigenvalue weighted by atomic mass is 16.3. The summed E-state index contributed by atoms with van der Waals surface area (Å²) >= 11 is 0. The van der Waals surface area contributed by atoms with Gasteiger partial charge in [0.05, 0.1) is 11.6 Å². The quantitative estimate of drug-likeness (QED) is 0.158. The first-order chi connectivity index (χ1) is 29.2. The van der Waals surface area contributed by atoms with Crippen molar-refractivity contribution in [3.63, 3.8) is 0 Å². The van der Waals surface area contributed by atoms with E-state index in [4.69, 9.17) is 19.4 Å². The van der Waals surface area contributed by atoms with Crippen LogP contribution in [0, 0.1) is 11.3 Å². The van der Waals surface area contributed by atoms with Crippen molar-refractivity contribution in [1.29, 1.82) is 5.26 Å². The molecule has 8 aromatic carbocycles. The van der Waals surface area contributed by atoms with E-state index < -0.39 is 0 Å². The van der Waals surface area contributed by atoms with Crippen molar-refractivity contribution in [3.8, 4) is 51.4 Å². The summed E-state index contributed by atoms with van der Waals surface area (Å²) in [7, 11) is 0. The van der Waals surface area contributed by atoms with Crippen molar-refractivity contribution in [3.05, 3.63) is 205 Å². The van der Waals surface area contributed by atoms with E-state index >= 15 is 0 Å². The molecule has 0 bridgehead atoms. The predicted molar refractivity (Wildman–Crippen MR) is 239 cm³/mol. The van der Waals surface area contributed by atoms with Crippen LogP contribution in [-0.2, 0) is 0 Å². The van der Waals surface area contributed by atoms with Gasteiger partial charge in [-0.3, -0.25) is 0 Å². The van der Waals surface area contributed by atoms with Gasteiger partial charge >= 0.3 is 0 Å². The van der Waals surface area contributed by atoms with Crippen LogP contribution >= 0.6 is 0 Å². The average molecular weight is 755 g/mol. The first-order valence-corrected chi connectivity index (χ1v) is 19.8. The minimum absolute atomic E-state index is 0.203. The van der Waals surface area contributed by atoms with Crippen LogP contribution in [0.5, 0.6) is 0 Å². The summed E-state index contributed by atoms with van der Waals surface area (Å²) in [5.41, 5.74) is 10.7. The van der Waals surface area contributed by atoms with Crippen molar-refractivity contribution in [2.75, 3.05) is 0 Å². The molecular formula is C54H34N4O. The zero-order valence-electron chi connectivity index (χ0n) is 31.9. The fourth-order valence-electron chi connectivity index (χ4n) is 8.56. The second kappa shape index (κ2) is 14.2. The number of nitriles is 1. The molecule has 1 aliphatic rings. The highest BCUT2D eigenvalue weighted by molar-refractivity contribution is 6.30. The molecule has 11 rings (SSSR count). The topological polar surface area (TPSA) is 75.6 Å². The number of nitrogens with zero attached hydrogens (tertiary/aromatic N) is 4. The Morgan fingerprint density at radius 2 is 1.14 bits per heavy atom. The molecule has 5 nitrogen and oxygen atoms in total. The van der Waals surface area contributed by atoms with Crippen LogP contribution in [0.3, 0.4) is 0 Å². The zero-order valence-corrected chi connectivity index (χ0v) is 31.9. The van der Waals surface area contributed by atoms with E-state index in [0.717, 1.165) is 83.3 Å². The molecule has 1 aliphatic carbocycles. The Morgan fingerprint density at radius 3 is 1.86 bits per heavy atom. The Bertz CT molecular complexity index is 3320. The van der Waals surface area contributed by atoms with E-state index in [2.05, 4.69) is 97.1 Å². The molecule has 0 aliphatic heterocycles. The number of rotatable bonds is 6. The first-order valence-electron chi connectivity index (χ1n) is 19.8. The smallest absolute Gasteiger partial charge is 0.164 e. The minimum Gasteiger partial charge on any atom is -0.455 e. The average Bonchev–Trinajstić information content (AvgIpc) is 3.72. The fraction of sp³-hybridized carbons (Fsp3) is 0.0370. The number of hydrogen-bond donors (Lipinski definition) is 0. The molecule has 276 valence electrons. The van der Waals surface area contributed by atoms with Crippen molar-refractivity contribution in [1.82, 2.24) is 15.0 Å². The lowest BCUT2D eigenvalue weighted by molar-refractivity contribution is 0.673. The van der Waals surface area contributed by atoms with Crippen molar-refractivity contribution < 1.29 is 4.42 Å². The van der Waals surface area contributed by atoms with Gasteiger partial charge in [-0.2, -0.15) is 5.26 Å².